The summed E-state index contributed by atoms with van der Waals surface area (Å²) < 4.78 is 15.5. The zero-order valence-corrected chi connectivity index (χ0v) is 10.5. The molecule has 0 bridgehead atoms. The minimum atomic E-state index is -2.23. The molecular weight excluding hydrogens is 255 g/mol. The van der Waals surface area contributed by atoms with Gasteiger partial charge < -0.3 is 0 Å². The highest BCUT2D eigenvalue weighted by atomic mass is 19.1. The van der Waals surface area contributed by atoms with Crippen LogP contribution in [0.5, 0.6) is 0 Å². The smallest absolute Gasteiger partial charge is 0.223 e. The average Bonchev–Trinajstić information content (AvgIpc) is 2.51. The Labute approximate surface area is 115 Å². The van der Waals surface area contributed by atoms with Crippen LogP contribution in [0.3, 0.4) is 0 Å². The quantitative estimate of drug-likeness (QED) is 0.781. The van der Waals surface area contributed by atoms with E-state index >= 15 is 4.39 Å². The van der Waals surface area contributed by atoms with Crippen molar-refractivity contribution < 1.29 is 14.0 Å². The summed E-state index contributed by atoms with van der Waals surface area (Å²) >= 11 is 0. The molecule has 0 radical (unpaired) electrons. The van der Waals surface area contributed by atoms with Gasteiger partial charge in [-0.05, 0) is 17.7 Å². The van der Waals surface area contributed by atoms with Gasteiger partial charge >= 0.3 is 0 Å². The number of halogens is 1. The first-order valence-corrected chi connectivity index (χ1v) is 6.23. The van der Waals surface area contributed by atoms with E-state index in [9.17, 15) is 9.59 Å². The highest BCUT2D eigenvalue weighted by Crippen LogP contribution is 2.40. The molecule has 0 fully saturated rings. The molecule has 0 saturated heterocycles. The predicted molar refractivity (Wildman–Crippen MR) is 74.2 cm³/mol. The largest absolute Gasteiger partial charge is 0.298 e. The summed E-state index contributed by atoms with van der Waals surface area (Å²) in [5, 5.41) is 0. The van der Waals surface area contributed by atoms with Gasteiger partial charge in [-0.3, -0.25) is 9.59 Å². The summed E-state index contributed by atoms with van der Waals surface area (Å²) in [4.78, 5) is 23.0. The number of carbonyl (C=O) groups excluding carboxylic acids is 2. The number of rotatable bonds is 2. The lowest BCUT2D eigenvalue weighted by molar-refractivity contribution is -0.123. The van der Waals surface area contributed by atoms with E-state index in [1.165, 1.54) is 18.2 Å². The summed E-state index contributed by atoms with van der Waals surface area (Å²) in [7, 11) is 0. The number of fused-ring (bicyclic) bond motifs is 1. The van der Waals surface area contributed by atoms with Crippen molar-refractivity contribution in [2.24, 2.45) is 0 Å². The van der Waals surface area contributed by atoms with E-state index in [4.69, 9.17) is 0 Å². The van der Waals surface area contributed by atoms with Gasteiger partial charge in [-0.15, -0.1) is 0 Å². The molecule has 1 aliphatic carbocycles. The standard InChI is InChI=1S/C17H11FO2/c18-17(14-6-3-4-12(10-14)11-19)15-7-2-1-5-13(15)8-9-16(17)20/h1-11H/t17-/m1/s1. The van der Waals surface area contributed by atoms with Crippen molar-refractivity contribution in [2.75, 3.05) is 0 Å². The molecular formula is C17H11FO2. The van der Waals surface area contributed by atoms with E-state index < -0.39 is 11.5 Å². The van der Waals surface area contributed by atoms with Crippen molar-refractivity contribution in [1.29, 1.82) is 0 Å². The van der Waals surface area contributed by atoms with Crippen LogP contribution in [0.1, 0.15) is 27.0 Å². The summed E-state index contributed by atoms with van der Waals surface area (Å²) in [6.45, 7) is 0. The van der Waals surface area contributed by atoms with E-state index in [0.29, 0.717) is 23.0 Å². The van der Waals surface area contributed by atoms with Crippen molar-refractivity contribution in [2.45, 2.75) is 5.67 Å². The highest BCUT2D eigenvalue weighted by Gasteiger charge is 2.43. The van der Waals surface area contributed by atoms with E-state index in [0.717, 1.165) is 0 Å². The normalized spacial score (nSPS) is 20.6. The lowest BCUT2D eigenvalue weighted by Gasteiger charge is -2.28. The summed E-state index contributed by atoms with van der Waals surface area (Å²) in [6.07, 6.45) is 3.50. The van der Waals surface area contributed by atoms with E-state index in [1.807, 2.05) is 0 Å². The molecule has 2 nitrogen and oxygen atoms in total. The van der Waals surface area contributed by atoms with Crippen molar-refractivity contribution >= 4 is 18.1 Å². The van der Waals surface area contributed by atoms with Gasteiger partial charge in [0.1, 0.15) is 6.29 Å². The van der Waals surface area contributed by atoms with Crippen LogP contribution in [0, 0.1) is 0 Å². The topological polar surface area (TPSA) is 34.1 Å². The second-order valence-electron chi connectivity index (χ2n) is 4.69. The zero-order valence-electron chi connectivity index (χ0n) is 10.5. The molecule has 0 aliphatic heterocycles. The molecule has 0 unspecified atom stereocenters. The average molecular weight is 266 g/mol. The Bertz CT molecular complexity index is 733. The van der Waals surface area contributed by atoms with Crippen LogP contribution < -0.4 is 0 Å². The van der Waals surface area contributed by atoms with Gasteiger partial charge in [-0.2, -0.15) is 0 Å². The highest BCUT2D eigenvalue weighted by molar-refractivity contribution is 6.06. The summed E-state index contributed by atoms with van der Waals surface area (Å²) in [5.74, 6) is -0.626. The van der Waals surface area contributed by atoms with Crippen molar-refractivity contribution in [3.63, 3.8) is 0 Å². The zero-order chi connectivity index (χ0) is 14.2. The van der Waals surface area contributed by atoms with Crippen molar-refractivity contribution in [3.8, 4) is 0 Å². The van der Waals surface area contributed by atoms with Crippen LogP contribution in [-0.4, -0.2) is 12.1 Å². The minimum Gasteiger partial charge on any atom is -0.298 e. The fraction of sp³-hybridized carbons (Fsp3) is 0.0588. The molecule has 0 amide bonds. The molecule has 0 heterocycles. The molecule has 3 heteroatoms. The number of benzene rings is 2. The Morgan fingerprint density at radius 1 is 1.00 bits per heavy atom. The molecule has 0 N–H and O–H groups in total. The maximum Gasteiger partial charge on any atom is 0.223 e. The molecule has 3 rings (SSSR count). The first kappa shape index (κ1) is 12.5. The second-order valence-corrected chi connectivity index (χ2v) is 4.69. The molecule has 0 aromatic heterocycles. The molecule has 20 heavy (non-hydrogen) atoms. The van der Waals surface area contributed by atoms with Gasteiger partial charge in [-0.25, -0.2) is 4.39 Å². The number of aldehydes is 1. The van der Waals surface area contributed by atoms with Gasteiger partial charge in [0.25, 0.3) is 0 Å². The monoisotopic (exact) mass is 266 g/mol. The number of carbonyl (C=O) groups is 2. The molecule has 2 aromatic carbocycles. The van der Waals surface area contributed by atoms with Crippen molar-refractivity contribution in [3.05, 3.63) is 76.9 Å². The van der Waals surface area contributed by atoms with E-state index in [2.05, 4.69) is 0 Å². The van der Waals surface area contributed by atoms with Gasteiger partial charge in [0, 0.05) is 16.7 Å². The van der Waals surface area contributed by atoms with Crippen LogP contribution in [0.4, 0.5) is 4.39 Å². The molecule has 98 valence electrons. The minimum absolute atomic E-state index is 0.184. The Morgan fingerprint density at radius 3 is 2.60 bits per heavy atom. The number of ketones is 1. The molecule has 0 saturated carbocycles. The second kappa shape index (κ2) is 4.53. The Morgan fingerprint density at radius 2 is 1.80 bits per heavy atom. The molecule has 0 spiro atoms. The third kappa shape index (κ3) is 1.71. The maximum atomic E-state index is 15.5. The summed E-state index contributed by atoms with van der Waals surface area (Å²) in [6, 6.07) is 13.0. The number of hydrogen-bond donors (Lipinski definition) is 0. The van der Waals surface area contributed by atoms with E-state index in [1.54, 1.807) is 42.5 Å². The Kier molecular flexibility index (Phi) is 2.83. The third-order valence-corrected chi connectivity index (χ3v) is 3.51. The Balaban J connectivity index is 2.26. The SMILES string of the molecule is O=Cc1cccc([C@]2(F)C(=O)C=Cc3ccccc32)c1. The van der Waals surface area contributed by atoms with Crippen molar-refractivity contribution in [1.82, 2.24) is 0 Å². The van der Waals surface area contributed by atoms with Gasteiger partial charge in [0.15, 0.2) is 0 Å². The molecule has 1 aliphatic rings. The summed E-state index contributed by atoms with van der Waals surface area (Å²) in [5.41, 5.74) is -0.713. The van der Waals surface area contributed by atoms with Crippen LogP contribution in [0.25, 0.3) is 6.08 Å². The number of alkyl halides is 1. The van der Waals surface area contributed by atoms with Crippen LogP contribution in [-0.2, 0) is 10.5 Å². The van der Waals surface area contributed by atoms with Gasteiger partial charge in [-0.1, -0.05) is 48.5 Å². The van der Waals surface area contributed by atoms with Gasteiger partial charge in [0.2, 0.25) is 11.5 Å². The van der Waals surface area contributed by atoms with Crippen LogP contribution >= 0.6 is 0 Å². The molecule has 1 atom stereocenters. The maximum absolute atomic E-state index is 15.5. The fourth-order valence-corrected chi connectivity index (χ4v) is 2.49. The first-order valence-electron chi connectivity index (χ1n) is 6.23. The first-order chi connectivity index (χ1) is 9.66. The predicted octanol–water partition coefficient (Wildman–Crippen LogP) is 3.31. The fourth-order valence-electron chi connectivity index (χ4n) is 2.49. The Hall–Kier alpha value is -2.55. The van der Waals surface area contributed by atoms with Crippen LogP contribution in [0.2, 0.25) is 0 Å². The molecule has 2 aromatic rings. The lowest BCUT2D eigenvalue weighted by Crippen LogP contribution is -2.34. The number of hydrogen-bond acceptors (Lipinski definition) is 2. The third-order valence-electron chi connectivity index (χ3n) is 3.51. The number of allylic oxidation sites excluding steroid dienone is 1. The van der Waals surface area contributed by atoms with E-state index in [-0.39, 0.29) is 5.56 Å². The van der Waals surface area contributed by atoms with Gasteiger partial charge in [0.05, 0.1) is 0 Å². The lowest BCUT2D eigenvalue weighted by atomic mass is 9.78. The van der Waals surface area contributed by atoms with Crippen LogP contribution in [0.15, 0.2) is 54.6 Å².